The highest BCUT2D eigenvalue weighted by Crippen LogP contribution is 2.08. The van der Waals surface area contributed by atoms with E-state index in [0.717, 1.165) is 90.1 Å². The van der Waals surface area contributed by atoms with E-state index in [-0.39, 0.29) is 0 Å². The van der Waals surface area contributed by atoms with Crippen molar-refractivity contribution in [3.8, 4) is 0 Å². The summed E-state index contributed by atoms with van der Waals surface area (Å²) in [5.74, 6) is 1.86. The van der Waals surface area contributed by atoms with Crippen molar-refractivity contribution in [2.45, 2.75) is 25.7 Å². The molecule has 0 bridgehead atoms. The van der Waals surface area contributed by atoms with Gasteiger partial charge in [-0.15, -0.1) is 0 Å². The van der Waals surface area contributed by atoms with Crippen molar-refractivity contribution in [2.24, 2.45) is 20.0 Å². The van der Waals surface area contributed by atoms with Gasteiger partial charge >= 0.3 is 0 Å². The fraction of sp³-hybridized carbons (Fsp3) is 0.750. The zero-order valence-corrected chi connectivity index (χ0v) is 14.1. The molecule has 4 aliphatic rings. The maximum absolute atomic E-state index is 5.31. The smallest absolute Gasteiger partial charge is 0.183 e. The maximum Gasteiger partial charge on any atom is 0.183 e. The molecular formula is C16H26N4O4. The Hall–Kier alpha value is -2.12. The second-order valence-electron chi connectivity index (χ2n) is 5.22. The van der Waals surface area contributed by atoms with Crippen molar-refractivity contribution in [1.29, 1.82) is 0 Å². The van der Waals surface area contributed by atoms with Crippen LogP contribution in [0.4, 0.5) is 0 Å². The van der Waals surface area contributed by atoms with Gasteiger partial charge in [-0.2, -0.15) is 0 Å². The van der Waals surface area contributed by atoms with Gasteiger partial charge in [0.2, 0.25) is 0 Å². The van der Waals surface area contributed by atoms with Gasteiger partial charge in [0.05, 0.1) is 26.2 Å². The van der Waals surface area contributed by atoms with Gasteiger partial charge in [0.25, 0.3) is 0 Å². The quantitative estimate of drug-likeness (QED) is 0.711. The van der Waals surface area contributed by atoms with Crippen LogP contribution in [0.5, 0.6) is 0 Å². The molecule has 0 aromatic carbocycles. The molecule has 134 valence electrons. The zero-order valence-electron chi connectivity index (χ0n) is 14.1. The number of ether oxygens (including phenoxy) is 4. The summed E-state index contributed by atoms with van der Waals surface area (Å²) in [4.78, 5) is 15.9. The molecule has 0 saturated heterocycles. The van der Waals surface area contributed by atoms with Gasteiger partial charge in [-0.25, -0.2) is 0 Å². The van der Waals surface area contributed by atoms with E-state index < -0.39 is 0 Å². The summed E-state index contributed by atoms with van der Waals surface area (Å²) in [6.45, 7) is 6.46. The highest BCUT2D eigenvalue weighted by Gasteiger charge is 2.09. The number of aliphatic imine (C=N–C) groups is 4. The van der Waals surface area contributed by atoms with Crippen LogP contribution < -0.4 is 0 Å². The molecule has 0 amide bonds. The molecule has 4 rings (SSSR count). The van der Waals surface area contributed by atoms with E-state index in [1.807, 2.05) is 0 Å². The van der Waals surface area contributed by atoms with Crippen LogP contribution in [-0.4, -0.2) is 77.2 Å². The monoisotopic (exact) mass is 338 g/mol. The maximum atomic E-state index is 5.31. The lowest BCUT2D eigenvalue weighted by Gasteiger charge is -2.02. The average Bonchev–Trinajstić information content (AvgIpc) is 3.44. The van der Waals surface area contributed by atoms with Gasteiger partial charge in [-0.05, 0) is 12.8 Å². The molecule has 0 aromatic rings. The topological polar surface area (TPSA) is 86.4 Å². The molecule has 4 heterocycles. The first-order valence-electron chi connectivity index (χ1n) is 8.47. The van der Waals surface area contributed by atoms with Gasteiger partial charge < -0.3 is 18.9 Å². The SMILES string of the molecule is C(CCC1=NCCO1)CC1=NCCO1.C1=NCCO1.C1=NCCO1. The van der Waals surface area contributed by atoms with Gasteiger partial charge in [0.1, 0.15) is 26.4 Å². The second kappa shape index (κ2) is 12.3. The van der Waals surface area contributed by atoms with Crippen molar-refractivity contribution in [1.82, 2.24) is 0 Å². The third kappa shape index (κ3) is 8.50. The van der Waals surface area contributed by atoms with Crippen LogP contribution >= 0.6 is 0 Å². The number of hydrogen-bond acceptors (Lipinski definition) is 8. The molecule has 24 heavy (non-hydrogen) atoms. The minimum atomic E-state index is 0.769. The third-order valence-electron chi connectivity index (χ3n) is 3.30. The Kier molecular flexibility index (Phi) is 9.35. The van der Waals surface area contributed by atoms with Crippen LogP contribution in [0.15, 0.2) is 20.0 Å². The lowest BCUT2D eigenvalue weighted by Crippen LogP contribution is -2.01. The van der Waals surface area contributed by atoms with E-state index in [1.54, 1.807) is 0 Å². The second-order valence-corrected chi connectivity index (χ2v) is 5.22. The molecule has 0 N–H and O–H groups in total. The molecule has 0 saturated carbocycles. The van der Waals surface area contributed by atoms with Crippen LogP contribution in [0.25, 0.3) is 0 Å². The van der Waals surface area contributed by atoms with Gasteiger partial charge in [0, 0.05) is 12.8 Å². The summed E-state index contributed by atoms with van der Waals surface area (Å²) >= 11 is 0. The van der Waals surface area contributed by atoms with Gasteiger partial charge in [-0.3, -0.25) is 20.0 Å². The molecule has 0 aromatic heterocycles. The summed E-state index contributed by atoms with van der Waals surface area (Å²) in [6.07, 6.45) is 7.13. The number of hydrogen-bond donors (Lipinski definition) is 0. The lowest BCUT2D eigenvalue weighted by molar-refractivity contribution is 0.332. The summed E-state index contributed by atoms with van der Waals surface area (Å²) in [5.41, 5.74) is 0. The number of unbranched alkanes of at least 4 members (excludes halogenated alkanes) is 1. The molecule has 0 radical (unpaired) electrons. The Bertz CT molecular complexity index is 409. The molecular weight excluding hydrogens is 312 g/mol. The Morgan fingerprint density at radius 2 is 1.17 bits per heavy atom. The molecule has 0 unspecified atom stereocenters. The van der Waals surface area contributed by atoms with Crippen molar-refractivity contribution in [3.05, 3.63) is 0 Å². The highest BCUT2D eigenvalue weighted by atomic mass is 16.5. The standard InChI is InChI=1S/C10H16N2O2.2C3H5NO/c1(3-9-11-5-7-13-9)2-4-10-12-6-8-14-10;2*1-2-5-3-4-1/h1-8H2;2*3H,1-2H2. The summed E-state index contributed by atoms with van der Waals surface area (Å²) < 4.78 is 19.9. The first-order valence-corrected chi connectivity index (χ1v) is 8.47. The van der Waals surface area contributed by atoms with E-state index in [9.17, 15) is 0 Å². The van der Waals surface area contributed by atoms with E-state index in [1.165, 1.54) is 12.8 Å². The van der Waals surface area contributed by atoms with Gasteiger partial charge in [-0.1, -0.05) is 0 Å². The van der Waals surface area contributed by atoms with Crippen molar-refractivity contribution in [2.75, 3.05) is 52.6 Å². The fourth-order valence-electron chi connectivity index (χ4n) is 2.14. The Labute approximate surface area is 142 Å². The van der Waals surface area contributed by atoms with Crippen LogP contribution in [0, 0.1) is 0 Å². The van der Waals surface area contributed by atoms with E-state index in [2.05, 4.69) is 29.4 Å². The summed E-state index contributed by atoms with van der Waals surface area (Å²) in [6, 6.07) is 0. The molecule has 0 fully saturated rings. The Morgan fingerprint density at radius 3 is 1.42 bits per heavy atom. The molecule has 8 heteroatoms. The van der Waals surface area contributed by atoms with Crippen molar-refractivity contribution < 1.29 is 18.9 Å². The largest absolute Gasteiger partial charge is 0.482 e. The summed E-state index contributed by atoms with van der Waals surface area (Å²) in [7, 11) is 0. The fourth-order valence-corrected chi connectivity index (χ4v) is 2.14. The molecule has 8 nitrogen and oxygen atoms in total. The van der Waals surface area contributed by atoms with Gasteiger partial charge in [0.15, 0.2) is 24.6 Å². The molecule has 0 atom stereocenters. The highest BCUT2D eigenvalue weighted by molar-refractivity contribution is 5.78. The zero-order chi connectivity index (χ0) is 16.7. The van der Waals surface area contributed by atoms with E-state index in [0.29, 0.717) is 0 Å². The lowest BCUT2D eigenvalue weighted by atomic mass is 10.2. The Morgan fingerprint density at radius 1 is 0.667 bits per heavy atom. The summed E-state index contributed by atoms with van der Waals surface area (Å²) in [5, 5.41) is 0. The Balaban J connectivity index is 0.000000169. The number of rotatable bonds is 5. The number of nitrogens with zero attached hydrogens (tertiary/aromatic N) is 4. The predicted molar refractivity (Wildman–Crippen MR) is 93.6 cm³/mol. The minimum absolute atomic E-state index is 0.769. The third-order valence-corrected chi connectivity index (χ3v) is 3.30. The van der Waals surface area contributed by atoms with Crippen molar-refractivity contribution >= 4 is 24.6 Å². The van der Waals surface area contributed by atoms with E-state index >= 15 is 0 Å². The van der Waals surface area contributed by atoms with Crippen LogP contribution in [-0.2, 0) is 18.9 Å². The predicted octanol–water partition coefficient (Wildman–Crippen LogP) is 1.49. The molecule has 0 spiro atoms. The van der Waals surface area contributed by atoms with Crippen molar-refractivity contribution in [3.63, 3.8) is 0 Å². The van der Waals surface area contributed by atoms with Crippen LogP contribution in [0.2, 0.25) is 0 Å². The normalized spacial score (nSPS) is 19.7. The van der Waals surface area contributed by atoms with E-state index in [4.69, 9.17) is 9.47 Å². The first-order chi connectivity index (χ1) is 11.9. The first kappa shape index (κ1) is 18.2. The average molecular weight is 338 g/mol. The minimum Gasteiger partial charge on any atom is -0.482 e. The molecule has 0 aliphatic carbocycles. The van der Waals surface area contributed by atoms with Crippen LogP contribution in [0.3, 0.4) is 0 Å². The molecule has 4 aliphatic heterocycles. The van der Waals surface area contributed by atoms with Crippen LogP contribution in [0.1, 0.15) is 25.7 Å².